The number of aryl methyl sites for hydroxylation is 1. The van der Waals surface area contributed by atoms with E-state index < -0.39 is 6.61 Å². The number of furan rings is 1. The third-order valence-corrected chi connectivity index (χ3v) is 6.34. The lowest BCUT2D eigenvalue weighted by molar-refractivity contribution is -0.117. The van der Waals surface area contributed by atoms with Crippen LogP contribution in [-0.4, -0.2) is 17.5 Å². The van der Waals surface area contributed by atoms with Crippen LogP contribution >= 0.6 is 0 Å². The third kappa shape index (κ3) is 3.16. The first-order chi connectivity index (χ1) is 11.1. The Morgan fingerprint density at radius 2 is 1.83 bits per heavy atom. The van der Waals surface area contributed by atoms with Gasteiger partial charge in [0, 0.05) is 6.42 Å². The normalized spacial score (nSPS) is 35.3. The van der Waals surface area contributed by atoms with Crippen LogP contribution in [0.1, 0.15) is 56.5 Å². The Labute approximate surface area is 137 Å². The second kappa shape index (κ2) is 5.94. The number of carbonyl (C=O) groups excluding carboxylic acids is 1. The number of rotatable bonds is 6. The van der Waals surface area contributed by atoms with Crippen molar-refractivity contribution < 1.29 is 14.3 Å². The largest absolute Gasteiger partial charge is 0.462 e. The van der Waals surface area contributed by atoms with Crippen LogP contribution in [0.2, 0.25) is 0 Å². The van der Waals surface area contributed by atoms with Crippen LogP contribution in [0.25, 0.3) is 6.08 Å². The van der Waals surface area contributed by atoms with Gasteiger partial charge in [-0.1, -0.05) is 0 Å². The van der Waals surface area contributed by atoms with E-state index in [9.17, 15) is 4.79 Å². The topological polar surface area (TPSA) is 50.4 Å². The Morgan fingerprint density at radius 1 is 1.17 bits per heavy atom. The summed E-state index contributed by atoms with van der Waals surface area (Å²) in [5.41, 5.74) is 0.588. The molecule has 4 aliphatic rings. The molecule has 0 radical (unpaired) electrons. The minimum absolute atomic E-state index is 0.295. The number of ketones is 1. The van der Waals surface area contributed by atoms with E-state index in [0.717, 1.165) is 29.9 Å². The Bertz CT molecular complexity index is 575. The smallest absolute Gasteiger partial charge is 0.181 e. The van der Waals surface area contributed by atoms with E-state index in [1.807, 2.05) is 12.1 Å². The van der Waals surface area contributed by atoms with Crippen LogP contribution in [0.3, 0.4) is 0 Å². The molecular formula is C20H26O3. The molecule has 0 atom stereocenters. The SMILES string of the molecule is O=C(/C=C/c1ccc(CCC23CC4CC(CC(C4)C2)C3)o1)CO. The zero-order chi connectivity index (χ0) is 15.9. The van der Waals surface area contributed by atoms with Gasteiger partial charge < -0.3 is 9.52 Å². The fourth-order valence-electron chi connectivity index (χ4n) is 5.83. The summed E-state index contributed by atoms with van der Waals surface area (Å²) in [6.45, 7) is -0.448. The number of aliphatic hydroxyl groups excluding tert-OH is 1. The van der Waals surface area contributed by atoms with Crippen LogP contribution in [-0.2, 0) is 11.2 Å². The van der Waals surface area contributed by atoms with E-state index in [0.29, 0.717) is 11.2 Å². The van der Waals surface area contributed by atoms with E-state index >= 15 is 0 Å². The number of aliphatic hydroxyl groups is 1. The molecule has 0 saturated heterocycles. The van der Waals surface area contributed by atoms with Crippen molar-refractivity contribution >= 4 is 11.9 Å². The molecule has 4 fully saturated rings. The molecule has 1 N–H and O–H groups in total. The maximum atomic E-state index is 11.1. The Morgan fingerprint density at radius 3 is 2.43 bits per heavy atom. The number of hydrogen-bond donors (Lipinski definition) is 1. The molecule has 23 heavy (non-hydrogen) atoms. The van der Waals surface area contributed by atoms with Crippen LogP contribution in [0.5, 0.6) is 0 Å². The zero-order valence-electron chi connectivity index (χ0n) is 13.7. The quantitative estimate of drug-likeness (QED) is 0.807. The van der Waals surface area contributed by atoms with Crippen molar-refractivity contribution in [1.29, 1.82) is 0 Å². The second-order valence-corrected chi connectivity index (χ2v) is 8.18. The highest BCUT2D eigenvalue weighted by atomic mass is 16.3. The summed E-state index contributed by atoms with van der Waals surface area (Å²) in [5.74, 6) is 4.43. The molecule has 0 unspecified atom stereocenters. The molecule has 0 aromatic carbocycles. The van der Waals surface area contributed by atoms with Crippen LogP contribution in [0.4, 0.5) is 0 Å². The van der Waals surface area contributed by atoms with Crippen molar-refractivity contribution in [3.8, 4) is 0 Å². The van der Waals surface area contributed by atoms with E-state index in [-0.39, 0.29) is 5.78 Å². The highest BCUT2D eigenvalue weighted by molar-refractivity contribution is 5.94. The summed E-state index contributed by atoms with van der Waals surface area (Å²) in [4.78, 5) is 11.1. The first kappa shape index (κ1) is 15.2. The van der Waals surface area contributed by atoms with Gasteiger partial charge in [0.05, 0.1) is 0 Å². The lowest BCUT2D eigenvalue weighted by atomic mass is 9.48. The van der Waals surface area contributed by atoms with Gasteiger partial charge in [0.1, 0.15) is 18.1 Å². The molecule has 0 amide bonds. The molecule has 4 saturated carbocycles. The monoisotopic (exact) mass is 314 g/mol. The maximum Gasteiger partial charge on any atom is 0.181 e. The van der Waals surface area contributed by atoms with Crippen molar-refractivity contribution in [1.82, 2.24) is 0 Å². The van der Waals surface area contributed by atoms with Gasteiger partial charge in [-0.05, 0) is 92.4 Å². The molecular weight excluding hydrogens is 288 g/mol. The highest BCUT2D eigenvalue weighted by Gasteiger charge is 2.50. The van der Waals surface area contributed by atoms with E-state index in [1.54, 1.807) is 6.08 Å². The summed E-state index contributed by atoms with van der Waals surface area (Å²) >= 11 is 0. The van der Waals surface area contributed by atoms with Gasteiger partial charge in [-0.15, -0.1) is 0 Å². The van der Waals surface area contributed by atoms with Gasteiger partial charge in [-0.2, -0.15) is 0 Å². The maximum absolute atomic E-state index is 11.1. The Kier molecular flexibility index (Phi) is 3.92. The van der Waals surface area contributed by atoms with Gasteiger partial charge in [-0.25, -0.2) is 0 Å². The standard InChI is InChI=1S/C20H26O3/c21-13-17(22)1-2-18-3-4-19(23-18)5-6-20-10-14-7-15(11-20)9-16(8-14)12-20/h1-4,14-16,21H,5-13H2/b2-1+. The molecule has 0 spiro atoms. The predicted octanol–water partition coefficient (Wildman–Crippen LogP) is 4.00. The van der Waals surface area contributed by atoms with E-state index in [1.165, 1.54) is 51.0 Å². The summed E-state index contributed by atoms with van der Waals surface area (Å²) in [6.07, 6.45) is 14.1. The molecule has 124 valence electrons. The molecule has 4 aliphatic carbocycles. The molecule has 1 aromatic rings. The zero-order valence-corrected chi connectivity index (χ0v) is 13.7. The van der Waals surface area contributed by atoms with Gasteiger partial charge in [-0.3, -0.25) is 4.79 Å². The first-order valence-electron chi connectivity index (χ1n) is 9.05. The summed E-state index contributed by atoms with van der Waals surface area (Å²) in [5, 5.41) is 8.72. The van der Waals surface area contributed by atoms with Crippen LogP contribution in [0, 0.1) is 23.2 Å². The molecule has 5 rings (SSSR count). The van der Waals surface area contributed by atoms with Gasteiger partial charge >= 0.3 is 0 Å². The molecule has 4 bridgehead atoms. The van der Waals surface area contributed by atoms with Gasteiger partial charge in [0.25, 0.3) is 0 Å². The molecule has 0 aliphatic heterocycles. The average molecular weight is 314 g/mol. The van der Waals surface area contributed by atoms with Crippen molar-refractivity contribution in [3.05, 3.63) is 29.7 Å². The van der Waals surface area contributed by atoms with Gasteiger partial charge in [0.2, 0.25) is 0 Å². The molecule has 1 heterocycles. The number of hydrogen-bond acceptors (Lipinski definition) is 3. The molecule has 3 heteroatoms. The summed E-state index contributed by atoms with van der Waals surface area (Å²) in [6, 6.07) is 3.94. The van der Waals surface area contributed by atoms with E-state index in [2.05, 4.69) is 0 Å². The van der Waals surface area contributed by atoms with Crippen LogP contribution in [0.15, 0.2) is 22.6 Å². The number of carbonyl (C=O) groups is 1. The van der Waals surface area contributed by atoms with Crippen molar-refractivity contribution in [2.24, 2.45) is 23.2 Å². The minimum Gasteiger partial charge on any atom is -0.462 e. The molecule has 1 aromatic heterocycles. The average Bonchev–Trinajstić information content (AvgIpc) is 2.97. The predicted molar refractivity (Wildman–Crippen MR) is 88.8 cm³/mol. The van der Waals surface area contributed by atoms with Crippen molar-refractivity contribution in [2.75, 3.05) is 6.61 Å². The fourth-order valence-corrected chi connectivity index (χ4v) is 5.83. The first-order valence-corrected chi connectivity index (χ1v) is 9.05. The lowest BCUT2D eigenvalue weighted by Gasteiger charge is -2.57. The van der Waals surface area contributed by atoms with E-state index in [4.69, 9.17) is 9.52 Å². The fraction of sp³-hybridized carbons (Fsp3) is 0.650. The Hall–Kier alpha value is -1.35. The third-order valence-electron chi connectivity index (χ3n) is 6.34. The van der Waals surface area contributed by atoms with Gasteiger partial charge in [0.15, 0.2) is 5.78 Å². The van der Waals surface area contributed by atoms with Crippen molar-refractivity contribution in [3.63, 3.8) is 0 Å². The summed E-state index contributed by atoms with van der Waals surface area (Å²) < 4.78 is 5.82. The van der Waals surface area contributed by atoms with Crippen LogP contribution < -0.4 is 0 Å². The minimum atomic E-state index is -0.448. The Balaban J connectivity index is 1.37. The lowest BCUT2D eigenvalue weighted by Crippen LogP contribution is -2.46. The molecule has 3 nitrogen and oxygen atoms in total. The summed E-state index contributed by atoms with van der Waals surface area (Å²) in [7, 11) is 0. The second-order valence-electron chi connectivity index (χ2n) is 8.18. The highest BCUT2D eigenvalue weighted by Crippen LogP contribution is 2.61. The van der Waals surface area contributed by atoms with Crippen molar-refractivity contribution in [2.45, 2.75) is 51.4 Å².